The predicted molar refractivity (Wildman–Crippen MR) is 452 cm³/mol. The van der Waals surface area contributed by atoms with E-state index in [9.17, 15) is 0 Å². The Morgan fingerprint density at radius 3 is 1.10 bits per heavy atom. The summed E-state index contributed by atoms with van der Waals surface area (Å²) in [6, 6.07) is 143. The summed E-state index contributed by atoms with van der Waals surface area (Å²) in [6.45, 7) is 0. The fraction of sp³-hybridized carbons (Fsp3) is 0.0196. The Kier molecular flexibility index (Phi) is 15.0. The Morgan fingerprint density at radius 2 is 0.528 bits per heavy atom. The van der Waals surface area contributed by atoms with Gasteiger partial charge in [0, 0.05) is 86.1 Å². The molecule has 0 amide bonds. The van der Waals surface area contributed by atoms with Crippen molar-refractivity contribution in [1.82, 2.24) is 9.13 Å². The number of rotatable bonds is 13. The Morgan fingerprint density at radius 1 is 0.198 bits per heavy atom. The number of hydrogen-bond donors (Lipinski definition) is 0. The van der Waals surface area contributed by atoms with E-state index in [0.717, 1.165) is 45.2 Å². The highest BCUT2D eigenvalue weighted by Crippen LogP contribution is 2.48. The van der Waals surface area contributed by atoms with E-state index in [2.05, 4.69) is 421 Å². The number of aromatic nitrogens is 2. The first kappa shape index (κ1) is 62.0. The minimum absolute atomic E-state index is 1.10. The van der Waals surface area contributed by atoms with E-state index < -0.39 is 0 Å². The van der Waals surface area contributed by atoms with Crippen LogP contribution in [0.3, 0.4) is 0 Å². The number of para-hydroxylation sites is 2. The molecule has 4 heteroatoms. The van der Waals surface area contributed by atoms with Crippen LogP contribution in [0.1, 0.15) is 0 Å². The van der Waals surface area contributed by atoms with E-state index in [0.29, 0.717) is 0 Å². The molecule has 0 spiro atoms. The summed E-state index contributed by atoms with van der Waals surface area (Å²) in [4.78, 5) is 4.56. The summed E-state index contributed by atoms with van der Waals surface area (Å²) in [5, 5.41) is 14.9. The molecule has 0 aliphatic heterocycles. The molecular weight excluding hydrogens is 1280 g/mol. The molecule has 20 aromatic rings. The van der Waals surface area contributed by atoms with Crippen molar-refractivity contribution in [3.63, 3.8) is 0 Å². The molecule has 2 heterocycles. The SMILES string of the molecule is CN(c1ccccc1)c1ccc(-c2ccc(-c3ccc4c5c6cc(-c7ccc8c9ccccc9c9c%10ccc(-c%11ccc(-c%12ccc(N(c%13ccccc%13)c%13cccc(-c%14ccccc%14)c%13)cc%12)cc%11)cc%10n(C)c9c8c7)ccc6c6ccccc6c5n(-c5cccc(-c6ccccc6)c5)c4c3)cc2)cc1. The van der Waals surface area contributed by atoms with Crippen molar-refractivity contribution < 1.29 is 0 Å². The minimum Gasteiger partial charge on any atom is -0.345 e. The largest absolute Gasteiger partial charge is 0.345 e. The van der Waals surface area contributed by atoms with Crippen LogP contribution in [0.5, 0.6) is 0 Å². The van der Waals surface area contributed by atoms with Gasteiger partial charge in [-0.2, -0.15) is 0 Å². The van der Waals surface area contributed by atoms with Crippen LogP contribution in [0, 0.1) is 0 Å². The van der Waals surface area contributed by atoms with Crippen molar-refractivity contribution in [1.29, 1.82) is 0 Å². The highest BCUT2D eigenvalue weighted by molar-refractivity contribution is 6.34. The number of benzene rings is 18. The standard InChI is InChI=1S/C102H70N4/c1-103(81-27-11-5-12-28-81)82-53-45-71(46-54-82)69-39-43-74(44-40-69)80-52-60-94-98(66-80)106(86-32-20-26-76(62-86)68-23-9-4-10-24-68)102-92-36-18-16-34-88(92)89-57-49-77(63-95(89)100(94)102)78-50-58-90-87-33-15-17-35-91(87)99-93-59-51-79(65-97(93)104(2)101(99)96(90)64-78)73-41-37-70(38-42-73)72-47-55-84(56-48-72)105(83-29-13-6-14-30-83)85-31-19-25-75(61-85)67-21-7-3-8-22-67/h3-66H,1-2H3. The lowest BCUT2D eigenvalue weighted by Gasteiger charge is -2.26. The summed E-state index contributed by atoms with van der Waals surface area (Å²) in [5.74, 6) is 0. The summed E-state index contributed by atoms with van der Waals surface area (Å²) in [7, 11) is 4.38. The van der Waals surface area contributed by atoms with Gasteiger partial charge in [-0.1, -0.05) is 291 Å². The smallest absolute Gasteiger partial charge is 0.0625 e. The zero-order valence-electron chi connectivity index (χ0n) is 58.7. The second-order valence-corrected chi connectivity index (χ2v) is 28.1. The van der Waals surface area contributed by atoms with Crippen LogP contribution in [-0.4, -0.2) is 16.2 Å². The highest BCUT2D eigenvalue weighted by atomic mass is 15.1. The van der Waals surface area contributed by atoms with E-state index in [4.69, 9.17) is 0 Å². The molecule has 0 saturated carbocycles. The summed E-state index contributed by atoms with van der Waals surface area (Å²) >= 11 is 0. The molecule has 0 atom stereocenters. The highest BCUT2D eigenvalue weighted by Gasteiger charge is 2.24. The number of aryl methyl sites for hydroxylation is 1. The Balaban J connectivity index is 0.678. The number of nitrogens with zero attached hydrogens (tertiary/aromatic N) is 4. The van der Waals surface area contributed by atoms with Gasteiger partial charge in [0.15, 0.2) is 0 Å². The van der Waals surface area contributed by atoms with Crippen molar-refractivity contribution in [3.8, 4) is 83.6 Å². The summed E-state index contributed by atoms with van der Waals surface area (Å²) in [6.07, 6.45) is 0. The molecule has 0 radical (unpaired) electrons. The van der Waals surface area contributed by atoms with Crippen LogP contribution in [0.4, 0.5) is 28.4 Å². The average Bonchev–Trinajstić information content (AvgIpc) is 1.53. The van der Waals surface area contributed by atoms with Gasteiger partial charge in [-0.05, 0) is 207 Å². The van der Waals surface area contributed by atoms with Gasteiger partial charge in [-0.25, -0.2) is 0 Å². The first-order chi connectivity index (χ1) is 52.4. The van der Waals surface area contributed by atoms with Gasteiger partial charge in [0.25, 0.3) is 0 Å². The maximum atomic E-state index is 2.55. The number of fused-ring (bicyclic) bond motifs is 16. The molecule has 0 bridgehead atoms. The van der Waals surface area contributed by atoms with E-state index in [1.807, 2.05) is 0 Å². The Labute approximate surface area is 616 Å². The first-order valence-corrected chi connectivity index (χ1v) is 36.6. The zero-order chi connectivity index (χ0) is 70.3. The van der Waals surface area contributed by atoms with Crippen molar-refractivity contribution in [2.24, 2.45) is 7.05 Å². The monoisotopic (exact) mass is 1350 g/mol. The van der Waals surface area contributed by atoms with E-state index >= 15 is 0 Å². The lowest BCUT2D eigenvalue weighted by Crippen LogP contribution is -2.09. The van der Waals surface area contributed by atoms with Gasteiger partial charge in [-0.3, -0.25) is 0 Å². The van der Waals surface area contributed by atoms with Crippen LogP contribution in [0.15, 0.2) is 388 Å². The second kappa shape index (κ2) is 25.6. The van der Waals surface area contributed by atoms with Crippen LogP contribution in [0.25, 0.3) is 170 Å². The molecule has 0 aliphatic rings. The number of anilines is 5. The molecule has 0 saturated heterocycles. The van der Waals surface area contributed by atoms with Crippen molar-refractivity contribution in [2.75, 3.05) is 16.8 Å². The van der Waals surface area contributed by atoms with Crippen LogP contribution >= 0.6 is 0 Å². The summed E-state index contributed by atoms with van der Waals surface area (Å²) in [5.41, 5.74) is 28.0. The Bertz CT molecular complexity index is 6780. The van der Waals surface area contributed by atoms with Crippen molar-refractivity contribution in [2.45, 2.75) is 0 Å². The Hall–Kier alpha value is -13.8. The maximum absolute atomic E-state index is 2.55. The topological polar surface area (TPSA) is 16.3 Å². The normalized spacial score (nSPS) is 11.7. The molecule has 106 heavy (non-hydrogen) atoms. The van der Waals surface area contributed by atoms with Gasteiger partial charge >= 0.3 is 0 Å². The third kappa shape index (κ3) is 10.6. The van der Waals surface area contributed by atoms with Gasteiger partial charge in [-0.15, -0.1) is 0 Å². The predicted octanol–water partition coefficient (Wildman–Crippen LogP) is 27.9. The lowest BCUT2D eigenvalue weighted by atomic mass is 9.91. The molecular formula is C102H70N4. The molecule has 0 N–H and O–H groups in total. The molecule has 0 fully saturated rings. The second-order valence-electron chi connectivity index (χ2n) is 28.1. The van der Waals surface area contributed by atoms with Crippen molar-refractivity contribution in [3.05, 3.63) is 388 Å². The van der Waals surface area contributed by atoms with E-state index in [-0.39, 0.29) is 0 Å². The van der Waals surface area contributed by atoms with Crippen molar-refractivity contribution >= 4 is 115 Å². The molecule has 498 valence electrons. The van der Waals surface area contributed by atoms with Gasteiger partial charge < -0.3 is 18.9 Å². The molecule has 18 aromatic carbocycles. The lowest BCUT2D eigenvalue weighted by molar-refractivity contribution is 1.02. The van der Waals surface area contributed by atoms with E-state index in [1.54, 1.807) is 0 Å². The maximum Gasteiger partial charge on any atom is 0.0625 e. The molecule has 0 unspecified atom stereocenters. The molecule has 0 aliphatic carbocycles. The zero-order valence-corrected chi connectivity index (χ0v) is 58.7. The van der Waals surface area contributed by atoms with Gasteiger partial charge in [0.1, 0.15) is 0 Å². The average molecular weight is 1350 g/mol. The van der Waals surface area contributed by atoms with Crippen LogP contribution in [0.2, 0.25) is 0 Å². The summed E-state index contributed by atoms with van der Waals surface area (Å²) < 4.78 is 4.99. The van der Waals surface area contributed by atoms with E-state index in [1.165, 1.54) is 154 Å². The third-order valence-corrected chi connectivity index (χ3v) is 22.1. The molecule has 20 rings (SSSR count). The number of hydrogen-bond acceptors (Lipinski definition) is 2. The first-order valence-electron chi connectivity index (χ1n) is 36.6. The minimum atomic E-state index is 1.10. The molecule has 2 aromatic heterocycles. The third-order valence-electron chi connectivity index (χ3n) is 22.1. The fourth-order valence-electron chi connectivity index (χ4n) is 16.8. The quantitative estimate of drug-likeness (QED) is 0.107. The van der Waals surface area contributed by atoms with Crippen LogP contribution < -0.4 is 9.80 Å². The van der Waals surface area contributed by atoms with Gasteiger partial charge in [0.05, 0.1) is 16.6 Å². The fourth-order valence-corrected chi connectivity index (χ4v) is 16.8. The molecule has 4 nitrogen and oxygen atoms in total. The van der Waals surface area contributed by atoms with Crippen LogP contribution in [-0.2, 0) is 7.05 Å². The van der Waals surface area contributed by atoms with Gasteiger partial charge in [0.2, 0.25) is 0 Å².